The summed E-state index contributed by atoms with van der Waals surface area (Å²) < 4.78 is 13.8. The summed E-state index contributed by atoms with van der Waals surface area (Å²) in [5.74, 6) is 0. The smallest absolute Gasteiger partial charge is 0.171 e. The Labute approximate surface area is 143 Å². The molecule has 0 saturated carbocycles. The largest absolute Gasteiger partial charge is 0.309 e. The second-order valence-corrected chi connectivity index (χ2v) is 7.38. The number of rotatable bonds is 3. The van der Waals surface area contributed by atoms with Crippen molar-refractivity contribution in [2.75, 3.05) is 0 Å². The van der Waals surface area contributed by atoms with E-state index in [-0.39, 0.29) is 24.8 Å². The van der Waals surface area contributed by atoms with Crippen molar-refractivity contribution >= 4 is 47.9 Å². The number of hydrogen-bond donors (Lipinski definition) is 0. The summed E-state index contributed by atoms with van der Waals surface area (Å²) in [7, 11) is -2.78. The molecular formula is C18H17Cl2OP. The van der Waals surface area contributed by atoms with Crippen LogP contribution in [0.1, 0.15) is 0 Å². The van der Waals surface area contributed by atoms with Gasteiger partial charge in [-0.25, -0.2) is 0 Å². The average Bonchev–Trinajstić information content (AvgIpc) is 2.56. The summed E-state index contributed by atoms with van der Waals surface area (Å²) in [6.45, 7) is 0. The van der Waals surface area contributed by atoms with Gasteiger partial charge in [-0.1, -0.05) is 91.0 Å². The van der Waals surface area contributed by atoms with Crippen molar-refractivity contribution in [1.82, 2.24) is 0 Å². The first-order valence-corrected chi connectivity index (χ1v) is 8.29. The molecule has 0 aliphatic rings. The summed E-state index contributed by atoms with van der Waals surface area (Å²) >= 11 is 0. The number of benzene rings is 3. The summed E-state index contributed by atoms with van der Waals surface area (Å²) in [5.41, 5.74) is 0. The molecule has 0 fully saturated rings. The van der Waals surface area contributed by atoms with Crippen LogP contribution in [0.3, 0.4) is 0 Å². The predicted octanol–water partition coefficient (Wildman–Crippen LogP) is 4.17. The van der Waals surface area contributed by atoms with E-state index in [1.54, 1.807) is 0 Å². The van der Waals surface area contributed by atoms with Gasteiger partial charge in [0.15, 0.2) is 7.14 Å². The predicted molar refractivity (Wildman–Crippen MR) is 100 cm³/mol. The lowest BCUT2D eigenvalue weighted by atomic mass is 10.4. The maximum absolute atomic E-state index is 13.8. The van der Waals surface area contributed by atoms with Crippen LogP contribution in [0.15, 0.2) is 91.0 Å². The Kier molecular flexibility index (Phi) is 6.90. The van der Waals surface area contributed by atoms with Crippen molar-refractivity contribution in [2.45, 2.75) is 0 Å². The van der Waals surface area contributed by atoms with Crippen molar-refractivity contribution in [1.29, 1.82) is 0 Å². The molecule has 0 radical (unpaired) electrons. The van der Waals surface area contributed by atoms with Crippen LogP contribution < -0.4 is 15.9 Å². The van der Waals surface area contributed by atoms with E-state index in [1.165, 1.54) is 0 Å². The minimum atomic E-state index is -2.78. The first kappa shape index (κ1) is 18.5. The van der Waals surface area contributed by atoms with Crippen molar-refractivity contribution in [3.63, 3.8) is 0 Å². The fraction of sp³-hybridized carbons (Fsp3) is 0. The summed E-state index contributed by atoms with van der Waals surface area (Å²) in [6, 6.07) is 29.1. The molecular weight excluding hydrogens is 334 g/mol. The van der Waals surface area contributed by atoms with Crippen LogP contribution >= 0.6 is 32.0 Å². The minimum absolute atomic E-state index is 0. The third kappa shape index (κ3) is 3.44. The Morgan fingerprint density at radius 3 is 0.909 bits per heavy atom. The van der Waals surface area contributed by atoms with Crippen molar-refractivity contribution < 1.29 is 4.57 Å². The van der Waals surface area contributed by atoms with Crippen LogP contribution in [0.2, 0.25) is 0 Å². The third-order valence-electron chi connectivity index (χ3n) is 3.36. The Balaban J connectivity index is 0.00000121. The summed E-state index contributed by atoms with van der Waals surface area (Å²) in [6.07, 6.45) is 0. The maximum Gasteiger partial charge on any atom is 0.171 e. The van der Waals surface area contributed by atoms with Crippen molar-refractivity contribution in [3.8, 4) is 0 Å². The van der Waals surface area contributed by atoms with Crippen LogP contribution in [-0.4, -0.2) is 0 Å². The molecule has 0 saturated heterocycles. The molecule has 0 aliphatic heterocycles. The van der Waals surface area contributed by atoms with Gasteiger partial charge in [0.1, 0.15) is 0 Å². The first-order valence-electron chi connectivity index (χ1n) is 6.59. The SMILES string of the molecule is Cl.Cl.O=P(c1ccccc1)(c1ccccc1)c1ccccc1. The molecule has 114 valence electrons. The molecule has 3 rings (SSSR count). The van der Waals surface area contributed by atoms with E-state index in [9.17, 15) is 4.57 Å². The van der Waals surface area contributed by atoms with Gasteiger partial charge in [-0.3, -0.25) is 0 Å². The van der Waals surface area contributed by atoms with Crippen molar-refractivity contribution in [3.05, 3.63) is 91.0 Å². The van der Waals surface area contributed by atoms with Crippen molar-refractivity contribution in [2.24, 2.45) is 0 Å². The molecule has 0 heterocycles. The second kappa shape index (κ2) is 8.19. The highest BCUT2D eigenvalue weighted by molar-refractivity contribution is 7.85. The lowest BCUT2D eigenvalue weighted by molar-refractivity contribution is 0.592. The zero-order valence-corrected chi connectivity index (χ0v) is 14.4. The normalized spacial score (nSPS) is 10.2. The second-order valence-electron chi connectivity index (χ2n) is 4.62. The fourth-order valence-electron chi connectivity index (χ4n) is 2.36. The Bertz CT molecular complexity index is 627. The molecule has 0 unspecified atom stereocenters. The quantitative estimate of drug-likeness (QED) is 0.648. The summed E-state index contributed by atoms with van der Waals surface area (Å²) in [5, 5.41) is 2.62. The molecule has 0 N–H and O–H groups in total. The van der Waals surface area contributed by atoms with Gasteiger partial charge in [0.05, 0.1) is 0 Å². The molecule has 22 heavy (non-hydrogen) atoms. The molecule has 4 heteroatoms. The van der Waals surface area contributed by atoms with Gasteiger partial charge in [-0.2, -0.15) is 0 Å². The molecule has 0 spiro atoms. The van der Waals surface area contributed by atoms with Crippen LogP contribution in [0, 0.1) is 0 Å². The van der Waals surface area contributed by atoms with Crippen LogP contribution in [0.4, 0.5) is 0 Å². The third-order valence-corrected chi connectivity index (χ3v) is 6.44. The van der Waals surface area contributed by atoms with Gasteiger partial charge in [0.2, 0.25) is 0 Å². The highest BCUT2D eigenvalue weighted by atomic mass is 35.5. The standard InChI is InChI=1S/C18H15OP.2ClH/c19-20(16-10-4-1-5-11-16,17-12-6-2-7-13-17)18-14-8-3-9-15-18;;/h1-15H;2*1H. The van der Waals surface area contributed by atoms with E-state index < -0.39 is 7.14 Å². The number of halogens is 2. The highest BCUT2D eigenvalue weighted by Crippen LogP contribution is 2.41. The van der Waals surface area contributed by atoms with Gasteiger partial charge >= 0.3 is 0 Å². The molecule has 0 aromatic heterocycles. The Morgan fingerprint density at radius 1 is 0.455 bits per heavy atom. The fourth-order valence-corrected chi connectivity index (χ4v) is 5.03. The van der Waals surface area contributed by atoms with E-state index >= 15 is 0 Å². The van der Waals surface area contributed by atoms with Crippen LogP contribution in [0.5, 0.6) is 0 Å². The van der Waals surface area contributed by atoms with Crippen LogP contribution in [-0.2, 0) is 4.57 Å². The van der Waals surface area contributed by atoms with Gasteiger partial charge in [0.25, 0.3) is 0 Å². The topological polar surface area (TPSA) is 17.1 Å². The van der Waals surface area contributed by atoms with E-state index in [0.717, 1.165) is 15.9 Å². The molecule has 0 bridgehead atoms. The van der Waals surface area contributed by atoms with E-state index in [4.69, 9.17) is 0 Å². The Hall–Kier alpha value is -1.53. The van der Waals surface area contributed by atoms with E-state index in [2.05, 4.69) is 0 Å². The van der Waals surface area contributed by atoms with E-state index in [0.29, 0.717) is 0 Å². The molecule has 3 aromatic rings. The first-order chi connectivity index (χ1) is 9.82. The zero-order chi connectivity index (χ0) is 13.8. The molecule has 0 amide bonds. The molecule has 0 atom stereocenters. The Morgan fingerprint density at radius 2 is 0.682 bits per heavy atom. The van der Waals surface area contributed by atoms with E-state index in [1.807, 2.05) is 91.0 Å². The van der Waals surface area contributed by atoms with Gasteiger partial charge in [-0.05, 0) is 0 Å². The minimum Gasteiger partial charge on any atom is -0.309 e. The van der Waals surface area contributed by atoms with Gasteiger partial charge < -0.3 is 4.57 Å². The zero-order valence-electron chi connectivity index (χ0n) is 11.8. The average molecular weight is 351 g/mol. The summed E-state index contributed by atoms with van der Waals surface area (Å²) in [4.78, 5) is 0. The van der Waals surface area contributed by atoms with Gasteiger partial charge in [0, 0.05) is 15.9 Å². The lowest BCUT2D eigenvalue weighted by Gasteiger charge is -2.19. The number of hydrogen-bond acceptors (Lipinski definition) is 1. The lowest BCUT2D eigenvalue weighted by Crippen LogP contribution is -2.24. The van der Waals surface area contributed by atoms with Gasteiger partial charge in [-0.15, -0.1) is 24.8 Å². The van der Waals surface area contributed by atoms with Crippen LogP contribution in [0.25, 0.3) is 0 Å². The molecule has 1 nitrogen and oxygen atoms in total. The molecule has 0 aliphatic carbocycles. The monoisotopic (exact) mass is 350 g/mol. The highest BCUT2D eigenvalue weighted by Gasteiger charge is 2.28. The molecule has 3 aromatic carbocycles. The maximum atomic E-state index is 13.8.